The lowest BCUT2D eigenvalue weighted by Crippen LogP contribution is -2.29. The molecule has 0 saturated carbocycles. The van der Waals surface area contributed by atoms with E-state index in [9.17, 15) is 18.3 Å². The Labute approximate surface area is 131 Å². The van der Waals surface area contributed by atoms with Crippen molar-refractivity contribution in [1.82, 2.24) is 0 Å². The number of benzene rings is 1. The van der Waals surface area contributed by atoms with Crippen LogP contribution >= 0.6 is 11.3 Å². The van der Waals surface area contributed by atoms with Crippen LogP contribution in [0.3, 0.4) is 0 Å². The molecule has 2 unspecified atom stereocenters. The van der Waals surface area contributed by atoms with Crippen molar-refractivity contribution in [3.63, 3.8) is 0 Å². The fraction of sp³-hybridized carbons (Fsp3) is 0.214. The van der Waals surface area contributed by atoms with Crippen LogP contribution in [0.1, 0.15) is 18.4 Å². The Morgan fingerprint density at radius 1 is 1.32 bits per heavy atom. The molecule has 0 radical (unpaired) electrons. The number of aliphatic carboxylic acids is 1. The van der Waals surface area contributed by atoms with Gasteiger partial charge in [0.2, 0.25) is 0 Å². The Morgan fingerprint density at radius 2 is 2.09 bits per heavy atom. The number of fused-ring (bicyclic) bond motifs is 1. The number of hydrogen-bond acceptors (Lipinski definition) is 5. The zero-order valence-corrected chi connectivity index (χ0v) is 13.2. The van der Waals surface area contributed by atoms with Crippen molar-refractivity contribution in [1.29, 1.82) is 0 Å². The van der Waals surface area contributed by atoms with E-state index in [0.717, 1.165) is 16.9 Å². The molecule has 2 atom stereocenters. The smallest absolute Gasteiger partial charge is 0.326 e. The van der Waals surface area contributed by atoms with Crippen molar-refractivity contribution in [2.75, 3.05) is 10.0 Å². The SMILES string of the molecule is CC1c2cccc(NS(=O)(=O)c3cccs3)c2NC1C(=O)O. The number of hydrogen-bond donors (Lipinski definition) is 3. The summed E-state index contributed by atoms with van der Waals surface area (Å²) in [7, 11) is -3.67. The topological polar surface area (TPSA) is 95.5 Å². The van der Waals surface area contributed by atoms with Crippen LogP contribution < -0.4 is 10.0 Å². The average molecular weight is 338 g/mol. The van der Waals surface area contributed by atoms with Gasteiger partial charge >= 0.3 is 5.97 Å². The van der Waals surface area contributed by atoms with Crippen molar-refractivity contribution in [3.8, 4) is 0 Å². The first-order chi connectivity index (χ1) is 10.4. The monoisotopic (exact) mass is 338 g/mol. The third kappa shape index (κ3) is 2.44. The standard InChI is InChI=1S/C14H14N2O4S2/c1-8-9-4-2-5-10(13(9)15-12(8)14(17)18)16-22(19,20)11-6-3-7-21-11/h2-8,12,15-16H,1H3,(H,17,18). The number of rotatable bonds is 4. The Kier molecular flexibility index (Phi) is 3.57. The van der Waals surface area contributed by atoms with E-state index in [4.69, 9.17) is 0 Å². The zero-order chi connectivity index (χ0) is 15.9. The molecule has 1 aliphatic heterocycles. The Balaban J connectivity index is 1.97. The predicted octanol–water partition coefficient (Wildman–Crippen LogP) is 2.53. The first kappa shape index (κ1) is 14.9. The molecule has 1 aromatic carbocycles. The summed E-state index contributed by atoms with van der Waals surface area (Å²) >= 11 is 1.12. The highest BCUT2D eigenvalue weighted by Gasteiger charge is 2.35. The molecule has 8 heteroatoms. The van der Waals surface area contributed by atoms with E-state index in [2.05, 4.69) is 10.0 Å². The van der Waals surface area contributed by atoms with Crippen LogP contribution in [0.15, 0.2) is 39.9 Å². The molecule has 2 aromatic rings. The van der Waals surface area contributed by atoms with Gasteiger partial charge in [-0.1, -0.05) is 25.1 Å². The summed E-state index contributed by atoms with van der Waals surface area (Å²) in [5.74, 6) is -1.20. The van der Waals surface area contributed by atoms with Gasteiger partial charge in [0, 0.05) is 5.92 Å². The fourth-order valence-corrected chi connectivity index (χ4v) is 4.61. The molecular weight excluding hydrogens is 324 g/mol. The van der Waals surface area contributed by atoms with Crippen LogP contribution in [0, 0.1) is 0 Å². The maximum Gasteiger partial charge on any atom is 0.326 e. The summed E-state index contributed by atoms with van der Waals surface area (Å²) in [6.45, 7) is 1.80. The van der Waals surface area contributed by atoms with E-state index in [1.165, 1.54) is 6.07 Å². The minimum atomic E-state index is -3.67. The third-order valence-corrected chi connectivity index (χ3v) is 6.42. The molecule has 0 amide bonds. The zero-order valence-electron chi connectivity index (χ0n) is 11.6. The minimum Gasteiger partial charge on any atom is -0.480 e. The lowest BCUT2D eigenvalue weighted by molar-refractivity contribution is -0.138. The van der Waals surface area contributed by atoms with Gasteiger partial charge in [-0.2, -0.15) is 0 Å². The van der Waals surface area contributed by atoms with E-state index >= 15 is 0 Å². The minimum absolute atomic E-state index is 0.214. The summed E-state index contributed by atoms with van der Waals surface area (Å²) in [6.07, 6.45) is 0. The van der Waals surface area contributed by atoms with Crippen molar-refractivity contribution in [2.24, 2.45) is 0 Å². The van der Waals surface area contributed by atoms with Crippen LogP contribution in [0.25, 0.3) is 0 Å². The molecule has 0 saturated heterocycles. The largest absolute Gasteiger partial charge is 0.480 e. The molecule has 1 aliphatic rings. The summed E-state index contributed by atoms with van der Waals surface area (Å²) in [5, 5.41) is 13.8. The Hall–Kier alpha value is -2.06. The van der Waals surface area contributed by atoms with Crippen LogP contribution in [0.2, 0.25) is 0 Å². The average Bonchev–Trinajstić information content (AvgIpc) is 3.08. The van der Waals surface area contributed by atoms with Gasteiger partial charge < -0.3 is 10.4 Å². The summed E-state index contributed by atoms with van der Waals surface area (Å²) < 4.78 is 27.4. The van der Waals surface area contributed by atoms with Gasteiger partial charge in [-0.25, -0.2) is 13.2 Å². The molecule has 3 N–H and O–H groups in total. The second-order valence-electron chi connectivity index (χ2n) is 5.06. The fourth-order valence-electron chi connectivity index (χ4n) is 2.54. The van der Waals surface area contributed by atoms with Gasteiger partial charge in [-0.05, 0) is 23.1 Å². The maximum atomic E-state index is 12.3. The highest BCUT2D eigenvalue weighted by atomic mass is 32.2. The van der Waals surface area contributed by atoms with E-state index in [-0.39, 0.29) is 10.1 Å². The van der Waals surface area contributed by atoms with Gasteiger partial charge in [0.15, 0.2) is 0 Å². The van der Waals surface area contributed by atoms with Gasteiger partial charge in [-0.15, -0.1) is 11.3 Å². The number of para-hydroxylation sites is 1. The number of nitrogens with one attached hydrogen (secondary N) is 2. The van der Waals surface area contributed by atoms with Gasteiger partial charge in [-0.3, -0.25) is 4.72 Å². The van der Waals surface area contributed by atoms with Gasteiger partial charge in [0.05, 0.1) is 11.4 Å². The molecule has 6 nitrogen and oxygen atoms in total. The second kappa shape index (κ2) is 5.29. The molecular formula is C14H14N2O4S2. The van der Waals surface area contributed by atoms with Crippen LogP contribution in [0.5, 0.6) is 0 Å². The molecule has 22 heavy (non-hydrogen) atoms. The number of carbonyl (C=O) groups is 1. The number of carboxylic acids is 1. The third-order valence-electron chi connectivity index (χ3n) is 3.66. The van der Waals surface area contributed by atoms with Crippen LogP contribution in [-0.4, -0.2) is 25.5 Å². The van der Waals surface area contributed by atoms with Crippen molar-refractivity contribution in [2.45, 2.75) is 23.1 Å². The predicted molar refractivity (Wildman–Crippen MR) is 85.0 cm³/mol. The first-order valence-electron chi connectivity index (χ1n) is 6.59. The van der Waals surface area contributed by atoms with E-state index in [1.54, 1.807) is 36.6 Å². The number of anilines is 2. The molecule has 0 bridgehead atoms. The van der Waals surface area contributed by atoms with Gasteiger partial charge in [0.1, 0.15) is 10.3 Å². The summed E-state index contributed by atoms with van der Waals surface area (Å²) in [6, 6.07) is 7.56. The highest BCUT2D eigenvalue weighted by Crippen LogP contribution is 2.41. The van der Waals surface area contributed by atoms with Crippen molar-refractivity contribution >= 4 is 38.7 Å². The second-order valence-corrected chi connectivity index (χ2v) is 7.91. The molecule has 0 spiro atoms. The quantitative estimate of drug-likeness (QED) is 0.796. The maximum absolute atomic E-state index is 12.3. The van der Waals surface area contributed by atoms with E-state index in [0.29, 0.717) is 11.4 Å². The first-order valence-corrected chi connectivity index (χ1v) is 8.95. The van der Waals surface area contributed by atoms with Crippen LogP contribution in [-0.2, 0) is 14.8 Å². The lowest BCUT2D eigenvalue weighted by atomic mass is 9.97. The molecule has 1 aromatic heterocycles. The van der Waals surface area contributed by atoms with Crippen LogP contribution in [0.4, 0.5) is 11.4 Å². The molecule has 116 valence electrons. The summed E-state index contributed by atoms with van der Waals surface area (Å²) in [5.41, 5.74) is 1.68. The lowest BCUT2D eigenvalue weighted by Gasteiger charge is -2.12. The van der Waals surface area contributed by atoms with Crippen molar-refractivity contribution in [3.05, 3.63) is 41.3 Å². The highest BCUT2D eigenvalue weighted by molar-refractivity contribution is 7.94. The van der Waals surface area contributed by atoms with E-state index < -0.39 is 22.0 Å². The Bertz CT molecular complexity index is 815. The number of carboxylic acid groups (broad SMARTS) is 1. The number of sulfonamides is 1. The summed E-state index contributed by atoms with van der Waals surface area (Å²) in [4.78, 5) is 11.3. The molecule has 0 fully saturated rings. The van der Waals surface area contributed by atoms with Crippen molar-refractivity contribution < 1.29 is 18.3 Å². The van der Waals surface area contributed by atoms with E-state index in [1.807, 2.05) is 0 Å². The van der Waals surface area contributed by atoms with Gasteiger partial charge in [0.25, 0.3) is 10.0 Å². The molecule has 2 heterocycles. The Morgan fingerprint density at radius 3 is 2.73 bits per heavy atom. The normalized spacial score (nSPS) is 20.2. The number of thiophene rings is 1. The molecule has 0 aliphatic carbocycles. The molecule has 3 rings (SSSR count).